The summed E-state index contributed by atoms with van der Waals surface area (Å²) in [5.41, 5.74) is 2.75. The molecule has 1 amide bonds. The van der Waals surface area contributed by atoms with E-state index in [9.17, 15) is 9.18 Å². The van der Waals surface area contributed by atoms with E-state index in [1.807, 2.05) is 37.3 Å². The number of carbonyl (C=O) groups excluding carboxylic acids is 1. The zero-order valence-electron chi connectivity index (χ0n) is 15.7. The molecule has 4 rings (SSSR count). The molecule has 1 N–H and O–H groups in total. The average molecular weight is 387 g/mol. The predicted molar refractivity (Wildman–Crippen MR) is 107 cm³/mol. The molecule has 0 fully saturated rings. The van der Waals surface area contributed by atoms with Crippen molar-refractivity contribution in [3.05, 3.63) is 95.8 Å². The van der Waals surface area contributed by atoms with E-state index in [0.717, 1.165) is 11.1 Å². The zero-order valence-corrected chi connectivity index (χ0v) is 15.7. The van der Waals surface area contributed by atoms with Crippen LogP contribution in [0.3, 0.4) is 0 Å². The number of halogens is 1. The molecule has 0 saturated heterocycles. The van der Waals surface area contributed by atoms with E-state index in [2.05, 4.69) is 15.5 Å². The third kappa shape index (κ3) is 4.21. The lowest BCUT2D eigenvalue weighted by molar-refractivity contribution is 0.0940. The molecule has 1 aromatic heterocycles. The summed E-state index contributed by atoms with van der Waals surface area (Å²) in [7, 11) is 0. The lowest BCUT2D eigenvalue weighted by Crippen LogP contribution is -2.26. The van der Waals surface area contributed by atoms with Gasteiger partial charge in [-0.3, -0.25) is 4.79 Å². The molecule has 0 aliphatic carbocycles. The fourth-order valence-corrected chi connectivity index (χ4v) is 2.94. The van der Waals surface area contributed by atoms with E-state index in [4.69, 9.17) is 4.42 Å². The predicted octanol–water partition coefficient (Wildman–Crippen LogP) is 5.03. The first-order valence-electron chi connectivity index (χ1n) is 9.16. The molecule has 0 radical (unpaired) electrons. The number of carbonyl (C=O) groups is 1. The molecule has 0 spiro atoms. The normalized spacial score (nSPS) is 11.8. The van der Waals surface area contributed by atoms with E-state index in [1.54, 1.807) is 36.4 Å². The molecule has 5 nitrogen and oxygen atoms in total. The van der Waals surface area contributed by atoms with E-state index >= 15 is 0 Å². The molecule has 144 valence electrons. The van der Waals surface area contributed by atoms with Gasteiger partial charge in [-0.2, -0.15) is 0 Å². The fraction of sp³-hybridized carbons (Fsp3) is 0.0870. The summed E-state index contributed by atoms with van der Waals surface area (Å²) in [4.78, 5) is 12.5. The number of benzene rings is 3. The minimum absolute atomic E-state index is 0.246. The lowest BCUT2D eigenvalue weighted by atomic mass is 10.1. The molecular weight excluding hydrogens is 369 g/mol. The fourth-order valence-electron chi connectivity index (χ4n) is 2.94. The van der Waals surface area contributed by atoms with Gasteiger partial charge in [-0.25, -0.2) is 4.39 Å². The standard InChI is InChI=1S/C23H18FN3O2/c1-15(19-8-5-9-20(24)14-19)25-21(28)16-10-12-18(13-11-16)23-27-26-22(29-23)17-6-3-2-4-7-17/h2-15H,1H3,(H,25,28). The molecule has 1 unspecified atom stereocenters. The Hall–Kier alpha value is -3.80. The number of hydrogen-bond acceptors (Lipinski definition) is 4. The number of hydrogen-bond donors (Lipinski definition) is 1. The van der Waals surface area contributed by atoms with Crippen LogP contribution in [0.5, 0.6) is 0 Å². The second kappa shape index (κ2) is 8.06. The number of aromatic nitrogens is 2. The Morgan fingerprint density at radius 1 is 0.897 bits per heavy atom. The first-order valence-corrected chi connectivity index (χ1v) is 9.16. The van der Waals surface area contributed by atoms with E-state index < -0.39 is 0 Å². The topological polar surface area (TPSA) is 68.0 Å². The second-order valence-electron chi connectivity index (χ2n) is 6.61. The van der Waals surface area contributed by atoms with Gasteiger partial charge in [0.1, 0.15) is 5.82 Å². The molecule has 0 aliphatic rings. The van der Waals surface area contributed by atoms with Gasteiger partial charge in [-0.15, -0.1) is 10.2 Å². The van der Waals surface area contributed by atoms with Gasteiger partial charge >= 0.3 is 0 Å². The van der Waals surface area contributed by atoms with Crippen LogP contribution >= 0.6 is 0 Å². The van der Waals surface area contributed by atoms with Gasteiger partial charge in [0.25, 0.3) is 5.91 Å². The highest BCUT2D eigenvalue weighted by atomic mass is 19.1. The van der Waals surface area contributed by atoms with Crippen LogP contribution in [-0.2, 0) is 0 Å². The molecule has 0 aliphatic heterocycles. The molecule has 0 saturated carbocycles. The van der Waals surface area contributed by atoms with Crippen molar-refractivity contribution in [2.45, 2.75) is 13.0 Å². The third-order valence-corrected chi connectivity index (χ3v) is 4.54. The van der Waals surface area contributed by atoms with Gasteiger partial charge in [0.2, 0.25) is 11.8 Å². The van der Waals surface area contributed by atoms with Gasteiger partial charge in [-0.1, -0.05) is 30.3 Å². The van der Waals surface area contributed by atoms with Crippen LogP contribution in [0.15, 0.2) is 83.3 Å². The molecule has 1 atom stereocenters. The molecule has 3 aromatic carbocycles. The minimum Gasteiger partial charge on any atom is -0.416 e. The quantitative estimate of drug-likeness (QED) is 0.521. The average Bonchev–Trinajstić information content (AvgIpc) is 3.25. The van der Waals surface area contributed by atoms with E-state index in [0.29, 0.717) is 22.9 Å². The molecule has 6 heteroatoms. The van der Waals surface area contributed by atoms with Crippen LogP contribution in [0.25, 0.3) is 22.9 Å². The molecule has 0 bridgehead atoms. The Labute approximate surface area is 167 Å². The van der Waals surface area contributed by atoms with Crippen molar-refractivity contribution in [3.63, 3.8) is 0 Å². The highest BCUT2D eigenvalue weighted by molar-refractivity contribution is 5.94. The molecule has 1 heterocycles. The van der Waals surface area contributed by atoms with Gasteiger partial charge in [0, 0.05) is 16.7 Å². The summed E-state index contributed by atoms with van der Waals surface area (Å²) < 4.78 is 19.1. The SMILES string of the molecule is CC(NC(=O)c1ccc(-c2nnc(-c3ccccc3)o2)cc1)c1cccc(F)c1. The summed E-state index contributed by atoms with van der Waals surface area (Å²) in [6.07, 6.45) is 0. The van der Waals surface area contributed by atoms with Gasteiger partial charge < -0.3 is 9.73 Å². The number of amides is 1. The van der Waals surface area contributed by atoms with Gasteiger partial charge in [-0.05, 0) is 61.0 Å². The van der Waals surface area contributed by atoms with E-state index in [-0.39, 0.29) is 17.8 Å². The zero-order chi connectivity index (χ0) is 20.2. The highest BCUT2D eigenvalue weighted by Crippen LogP contribution is 2.24. The van der Waals surface area contributed by atoms with E-state index in [1.165, 1.54) is 12.1 Å². The largest absolute Gasteiger partial charge is 0.416 e. The van der Waals surface area contributed by atoms with Gasteiger partial charge in [0.15, 0.2) is 0 Å². The maximum absolute atomic E-state index is 13.4. The summed E-state index contributed by atoms with van der Waals surface area (Å²) in [5, 5.41) is 11.0. The summed E-state index contributed by atoms with van der Waals surface area (Å²) in [6.45, 7) is 1.81. The number of nitrogens with one attached hydrogen (secondary N) is 1. The molecule has 4 aromatic rings. The number of nitrogens with zero attached hydrogens (tertiary/aromatic N) is 2. The molecular formula is C23H18FN3O2. The monoisotopic (exact) mass is 387 g/mol. The van der Waals surface area contributed by atoms with Crippen molar-refractivity contribution in [2.24, 2.45) is 0 Å². The Bertz CT molecular complexity index is 1120. The molecule has 29 heavy (non-hydrogen) atoms. The summed E-state index contributed by atoms with van der Waals surface area (Å²) >= 11 is 0. The van der Waals surface area contributed by atoms with Crippen LogP contribution < -0.4 is 5.32 Å². The first-order chi connectivity index (χ1) is 14.1. The Balaban J connectivity index is 1.46. The van der Waals surface area contributed by atoms with Crippen molar-refractivity contribution in [1.82, 2.24) is 15.5 Å². The van der Waals surface area contributed by atoms with Crippen LogP contribution in [0.2, 0.25) is 0 Å². The highest BCUT2D eigenvalue weighted by Gasteiger charge is 2.14. The van der Waals surface area contributed by atoms with Crippen LogP contribution in [-0.4, -0.2) is 16.1 Å². The number of rotatable bonds is 5. The smallest absolute Gasteiger partial charge is 0.251 e. The minimum atomic E-state index is -0.331. The second-order valence-corrected chi connectivity index (χ2v) is 6.61. The third-order valence-electron chi connectivity index (χ3n) is 4.54. The maximum atomic E-state index is 13.4. The summed E-state index contributed by atoms with van der Waals surface area (Å²) in [6, 6.07) is 22.3. The van der Waals surface area contributed by atoms with Crippen molar-refractivity contribution < 1.29 is 13.6 Å². The van der Waals surface area contributed by atoms with Crippen LogP contribution in [0.1, 0.15) is 28.9 Å². The van der Waals surface area contributed by atoms with Crippen LogP contribution in [0.4, 0.5) is 4.39 Å². The van der Waals surface area contributed by atoms with Crippen molar-refractivity contribution in [2.75, 3.05) is 0 Å². The van der Waals surface area contributed by atoms with Crippen molar-refractivity contribution in [3.8, 4) is 22.9 Å². The van der Waals surface area contributed by atoms with Crippen LogP contribution in [0, 0.1) is 5.82 Å². The maximum Gasteiger partial charge on any atom is 0.251 e. The summed E-state index contributed by atoms with van der Waals surface area (Å²) in [5.74, 6) is 0.237. The van der Waals surface area contributed by atoms with Gasteiger partial charge in [0.05, 0.1) is 6.04 Å². The Morgan fingerprint density at radius 2 is 1.55 bits per heavy atom. The van der Waals surface area contributed by atoms with Crippen molar-refractivity contribution >= 4 is 5.91 Å². The Kier molecular flexibility index (Phi) is 5.16. The Morgan fingerprint density at radius 3 is 2.21 bits per heavy atom. The van der Waals surface area contributed by atoms with Crippen molar-refractivity contribution in [1.29, 1.82) is 0 Å². The first kappa shape index (κ1) is 18.6. The lowest BCUT2D eigenvalue weighted by Gasteiger charge is -2.14.